The number of carbonyl (C=O) groups is 3. The molecule has 0 N–H and O–H groups in total. The second-order valence-electron chi connectivity index (χ2n) is 35.2. The summed E-state index contributed by atoms with van der Waals surface area (Å²) in [4.78, 5) is 46.6. The highest BCUT2D eigenvalue weighted by Crippen LogP contribution is 2.58. The van der Waals surface area contributed by atoms with Crippen LogP contribution in [0.25, 0.3) is 18.2 Å². The van der Waals surface area contributed by atoms with Crippen molar-refractivity contribution in [1.82, 2.24) is 0 Å². The number of ether oxygens (including phenoxy) is 6. The molecule has 0 aliphatic carbocycles. The van der Waals surface area contributed by atoms with Crippen LogP contribution in [0.3, 0.4) is 0 Å². The maximum atomic E-state index is 13.3. The van der Waals surface area contributed by atoms with E-state index in [-0.39, 0.29) is 59.3 Å². The summed E-state index contributed by atoms with van der Waals surface area (Å²) >= 11 is 0. The van der Waals surface area contributed by atoms with E-state index in [9.17, 15) is 14.4 Å². The van der Waals surface area contributed by atoms with E-state index in [0.717, 1.165) is 70.3 Å². The Hall–Kier alpha value is -9.01. The maximum Gasteiger partial charge on any atom is 0.425 e. The van der Waals surface area contributed by atoms with Gasteiger partial charge in [-0.2, -0.15) is 0 Å². The van der Waals surface area contributed by atoms with E-state index in [1.165, 1.54) is 27.8 Å². The summed E-state index contributed by atoms with van der Waals surface area (Å²) in [6.07, 6.45) is 15.5. The lowest BCUT2D eigenvalue weighted by molar-refractivity contribution is -0.159. The predicted molar refractivity (Wildman–Crippen MR) is 453 cm³/mol. The average Bonchev–Trinajstić information content (AvgIpc) is 1.56. The standard InChI is InChI=1S/2C31H41NO3.C30H39NO3.CH4.2O3S/c2*1-21(2)20-30(8,22(3)4)28(33)34-18-17-32-26-12-10-9-11-25(26)29(6,7)31(32)16-15-24-19-23(5)13-14-27(24)35-31;1-21(2)20-29(7,22(3)4)27(32)33-19-18-31-25-14-10-9-13-24(25)28(5,6)30(31)17-16-23-12-8-11-15-26(23)34-30;;2*1-4(2)3/h2*9-16,19,21-22H,17-18,20H2,1-8H3;8-17,21-22H,18-20H2,1-7H3;1H4;;/t2*30?,31-;29?,30-;;;/m111.../s1. The number of para-hydroxylation sites is 4. The molecular weight excluding hydrogens is 1460 g/mol. The van der Waals surface area contributed by atoms with Crippen molar-refractivity contribution in [1.29, 1.82) is 0 Å². The van der Waals surface area contributed by atoms with Gasteiger partial charge in [0.05, 0.1) is 52.1 Å². The topological polar surface area (TPSA) is 219 Å². The first-order chi connectivity index (χ1) is 52.3. The zero-order chi connectivity index (χ0) is 83.1. The number of hydrogen-bond acceptors (Lipinski definition) is 18. The summed E-state index contributed by atoms with van der Waals surface area (Å²) in [5.41, 5.74) is 8.26. The van der Waals surface area contributed by atoms with Crippen LogP contribution in [-0.2, 0) is 66.1 Å². The van der Waals surface area contributed by atoms with Crippen molar-refractivity contribution in [3.05, 3.63) is 196 Å². The molecule has 18 nitrogen and oxygen atoms in total. The molecule has 6 heterocycles. The Balaban J connectivity index is 0.000000223. The third kappa shape index (κ3) is 18.5. The first-order valence-corrected chi connectivity index (χ1v) is 41.5. The minimum Gasteiger partial charge on any atom is -0.463 e. The highest BCUT2D eigenvalue weighted by molar-refractivity contribution is 7.59. The van der Waals surface area contributed by atoms with E-state index in [1.54, 1.807) is 0 Å². The van der Waals surface area contributed by atoms with Gasteiger partial charge in [-0.25, -0.2) is 0 Å². The fourth-order valence-electron chi connectivity index (χ4n) is 17.2. The number of hydrogen-bond donors (Lipinski definition) is 0. The van der Waals surface area contributed by atoms with E-state index in [0.29, 0.717) is 57.2 Å². The van der Waals surface area contributed by atoms with Crippen LogP contribution in [0.15, 0.2) is 152 Å². The van der Waals surface area contributed by atoms with Crippen molar-refractivity contribution >= 4 is 74.4 Å². The van der Waals surface area contributed by atoms with Crippen LogP contribution in [0.1, 0.15) is 217 Å². The summed E-state index contributed by atoms with van der Waals surface area (Å²) in [6, 6.07) is 46.2. The van der Waals surface area contributed by atoms with Crippen molar-refractivity contribution in [3.8, 4) is 17.2 Å². The first-order valence-electron chi connectivity index (χ1n) is 39.5. The minimum absolute atomic E-state index is 0. The molecule has 3 unspecified atom stereocenters. The smallest absolute Gasteiger partial charge is 0.425 e. The zero-order valence-corrected chi connectivity index (χ0v) is 71.9. The van der Waals surface area contributed by atoms with Crippen LogP contribution in [0.5, 0.6) is 17.2 Å². The van der Waals surface area contributed by atoms with Crippen molar-refractivity contribution in [3.63, 3.8) is 0 Å². The number of carbonyl (C=O) groups excluding carboxylic acids is 3. The van der Waals surface area contributed by atoms with Crippen molar-refractivity contribution in [2.24, 2.45) is 51.8 Å². The molecule has 0 saturated heterocycles. The summed E-state index contributed by atoms with van der Waals surface area (Å²) in [6.45, 7) is 51.9. The normalized spacial score (nSPS) is 20.4. The minimum atomic E-state index is -3.11. The number of fused-ring (bicyclic) bond motifs is 6. The van der Waals surface area contributed by atoms with E-state index in [1.807, 2.05) is 39.0 Å². The second-order valence-corrected chi connectivity index (χ2v) is 36.0. The molecule has 113 heavy (non-hydrogen) atoms. The predicted octanol–water partition coefficient (Wildman–Crippen LogP) is 19.8. The molecule has 20 heteroatoms. The van der Waals surface area contributed by atoms with Crippen molar-refractivity contribution in [2.75, 3.05) is 54.2 Å². The van der Waals surface area contributed by atoms with Gasteiger partial charge in [-0.15, -0.1) is 25.3 Å². The fraction of sp³-hybridized carbons (Fsp3) is 0.516. The number of nitrogens with zero attached hydrogens (tertiary/aromatic N) is 3. The van der Waals surface area contributed by atoms with Gasteiger partial charge in [0.25, 0.3) is 0 Å². The van der Waals surface area contributed by atoms with Gasteiger partial charge in [0.1, 0.15) is 37.1 Å². The molecule has 12 rings (SSSR count). The van der Waals surface area contributed by atoms with Gasteiger partial charge in [0.2, 0.25) is 17.2 Å². The third-order valence-corrected chi connectivity index (χ3v) is 24.4. The largest absolute Gasteiger partial charge is 0.463 e. The SMILES string of the molecule is C.CC(C)CC(C)(C(=O)OCCN1c2ccccc2C(C)(C)[C@]12C=Cc1ccccc1O2)C(C)C.Cc1ccc2c(c1)C=C[C@]1(O2)N(CCOC(=O)C(C)(CC(C)C)C(C)C)c2ccccc2C1(C)C.Cc1ccc2c(c1)C=C[C@]1(O2)N(CCOC(=O)C(C)(CC(C)C)C(C)C)c2ccccc2C1(C)C.O=S(=O)=O.O=S(=O)=O. The highest BCUT2D eigenvalue weighted by atomic mass is 32.2. The van der Waals surface area contributed by atoms with Gasteiger partial charge < -0.3 is 43.1 Å². The molecule has 0 amide bonds. The van der Waals surface area contributed by atoms with Gasteiger partial charge in [0, 0.05) is 33.8 Å². The Morgan fingerprint density at radius 2 is 0.628 bits per heavy atom. The molecule has 6 aromatic rings. The van der Waals surface area contributed by atoms with Crippen LogP contribution in [0, 0.1) is 65.6 Å². The van der Waals surface area contributed by atoms with Crippen LogP contribution in [0.4, 0.5) is 17.1 Å². The lowest BCUT2D eigenvalue weighted by Gasteiger charge is -2.47. The molecule has 6 atom stereocenters. The number of aryl methyl sites for hydroxylation is 2. The summed E-state index contributed by atoms with van der Waals surface area (Å²) in [7, 11) is -6.22. The summed E-state index contributed by atoms with van der Waals surface area (Å²) < 4.78 is 89.1. The molecular formula is C93H125N3O15S2. The Labute approximate surface area is 677 Å². The van der Waals surface area contributed by atoms with Gasteiger partial charge in [-0.1, -0.05) is 187 Å². The lowest BCUT2D eigenvalue weighted by atomic mass is 9.73. The van der Waals surface area contributed by atoms with Gasteiger partial charge in [-0.3, -0.25) is 14.4 Å². The molecule has 6 aliphatic heterocycles. The van der Waals surface area contributed by atoms with Crippen LogP contribution >= 0.6 is 0 Å². The Morgan fingerprint density at radius 1 is 0.381 bits per heavy atom. The molecule has 0 radical (unpaired) electrons. The number of anilines is 3. The van der Waals surface area contributed by atoms with Crippen LogP contribution in [-0.4, -0.2) is 99.8 Å². The summed E-state index contributed by atoms with van der Waals surface area (Å²) in [5, 5.41) is 0. The Morgan fingerprint density at radius 3 is 0.903 bits per heavy atom. The molecule has 3 spiro atoms. The van der Waals surface area contributed by atoms with E-state index in [4.69, 9.17) is 53.7 Å². The zero-order valence-electron chi connectivity index (χ0n) is 70.3. The van der Waals surface area contributed by atoms with Crippen LogP contribution < -0.4 is 28.9 Å². The highest BCUT2D eigenvalue weighted by Gasteiger charge is 2.62. The fourth-order valence-corrected chi connectivity index (χ4v) is 17.2. The molecule has 0 aromatic heterocycles. The molecule has 0 saturated carbocycles. The van der Waals surface area contributed by atoms with E-state index >= 15 is 0 Å². The van der Waals surface area contributed by atoms with Crippen molar-refractivity contribution in [2.45, 2.75) is 219 Å². The Bertz CT molecular complexity index is 4490. The van der Waals surface area contributed by atoms with Gasteiger partial charge in [0.15, 0.2) is 0 Å². The van der Waals surface area contributed by atoms with E-state index in [2.05, 4.69) is 305 Å². The molecule has 614 valence electrons. The van der Waals surface area contributed by atoms with E-state index < -0.39 is 54.6 Å². The average molecular weight is 1590 g/mol. The lowest BCUT2D eigenvalue weighted by Crippen LogP contribution is -2.60. The number of benzene rings is 6. The number of rotatable bonds is 21. The van der Waals surface area contributed by atoms with Gasteiger partial charge >= 0.3 is 39.1 Å². The van der Waals surface area contributed by atoms with Crippen molar-refractivity contribution < 1.29 is 68.1 Å². The molecule has 0 bridgehead atoms. The number of esters is 3. The molecule has 6 aliphatic rings. The second kappa shape index (κ2) is 36.2. The maximum absolute atomic E-state index is 13.3. The first kappa shape index (κ1) is 91.2. The molecule has 0 fully saturated rings. The van der Waals surface area contributed by atoms with Crippen LogP contribution in [0.2, 0.25) is 0 Å². The summed E-state index contributed by atoms with van der Waals surface area (Å²) in [5.74, 6) is 4.21. The quantitative estimate of drug-likeness (QED) is 0.0483. The third-order valence-electron chi connectivity index (χ3n) is 24.4. The van der Waals surface area contributed by atoms with Gasteiger partial charge in [-0.05, 0) is 233 Å². The Kier molecular flexibility index (Phi) is 29.2. The monoisotopic (exact) mass is 1590 g/mol. The molecule has 6 aromatic carbocycles.